The van der Waals surface area contributed by atoms with Crippen molar-refractivity contribution in [1.29, 1.82) is 0 Å². The predicted octanol–water partition coefficient (Wildman–Crippen LogP) is 5.96. The zero-order chi connectivity index (χ0) is 23.1. The molecule has 4 aromatic carbocycles. The highest BCUT2D eigenvalue weighted by atomic mass is 16.3. The van der Waals surface area contributed by atoms with E-state index >= 15 is 0 Å². The van der Waals surface area contributed by atoms with Crippen LogP contribution in [0.3, 0.4) is 0 Å². The van der Waals surface area contributed by atoms with Gasteiger partial charge >= 0.3 is 0 Å². The average molecular weight is 438 g/mol. The van der Waals surface area contributed by atoms with Crippen LogP contribution in [0.15, 0.2) is 72.8 Å². The van der Waals surface area contributed by atoms with Crippen molar-refractivity contribution in [2.75, 3.05) is 0 Å². The zero-order valence-corrected chi connectivity index (χ0v) is 19.6. The SMILES string of the molecule is Cc1ccc(C2NC(c3ccc(C)cc3C)NC(c3c(O)ccc4ccccc34)N2)c(C)c1. The zero-order valence-electron chi connectivity index (χ0n) is 19.6. The smallest absolute Gasteiger partial charge is 0.122 e. The maximum absolute atomic E-state index is 11.0. The Labute approximate surface area is 195 Å². The molecule has 1 aliphatic heterocycles. The van der Waals surface area contributed by atoms with Gasteiger partial charge in [-0.1, -0.05) is 77.9 Å². The van der Waals surface area contributed by atoms with E-state index in [1.165, 1.54) is 33.4 Å². The fourth-order valence-electron chi connectivity index (χ4n) is 5.06. The number of aryl methyl sites for hydroxylation is 4. The molecule has 4 nitrogen and oxygen atoms in total. The molecule has 2 unspecified atom stereocenters. The third kappa shape index (κ3) is 4.13. The highest BCUT2D eigenvalue weighted by molar-refractivity contribution is 5.88. The summed E-state index contributed by atoms with van der Waals surface area (Å²) in [6, 6.07) is 25.1. The molecule has 33 heavy (non-hydrogen) atoms. The van der Waals surface area contributed by atoms with Crippen molar-refractivity contribution >= 4 is 10.8 Å². The van der Waals surface area contributed by atoms with E-state index in [2.05, 4.69) is 92.2 Å². The minimum absolute atomic E-state index is 0.0825. The highest BCUT2D eigenvalue weighted by Crippen LogP contribution is 2.36. The Morgan fingerprint density at radius 1 is 0.606 bits per heavy atom. The van der Waals surface area contributed by atoms with Crippen molar-refractivity contribution in [3.8, 4) is 5.75 Å². The number of hydrogen-bond acceptors (Lipinski definition) is 4. The van der Waals surface area contributed by atoms with Gasteiger partial charge in [-0.2, -0.15) is 0 Å². The lowest BCUT2D eigenvalue weighted by molar-refractivity contribution is 0.200. The van der Waals surface area contributed by atoms with Gasteiger partial charge in [0.25, 0.3) is 0 Å². The average Bonchev–Trinajstić information content (AvgIpc) is 2.78. The van der Waals surface area contributed by atoms with Gasteiger partial charge in [-0.25, -0.2) is 0 Å². The Morgan fingerprint density at radius 3 is 1.73 bits per heavy atom. The summed E-state index contributed by atoms with van der Waals surface area (Å²) in [4.78, 5) is 0. The molecule has 1 saturated heterocycles. The number of nitrogens with one attached hydrogen (secondary N) is 3. The van der Waals surface area contributed by atoms with Gasteiger partial charge in [0.2, 0.25) is 0 Å². The minimum Gasteiger partial charge on any atom is -0.508 e. The van der Waals surface area contributed by atoms with Gasteiger partial charge in [-0.3, -0.25) is 16.0 Å². The molecule has 168 valence electrons. The Hall–Kier alpha value is -3.18. The summed E-state index contributed by atoms with van der Waals surface area (Å²) < 4.78 is 0. The molecule has 4 N–H and O–H groups in total. The monoisotopic (exact) mass is 437 g/mol. The summed E-state index contributed by atoms with van der Waals surface area (Å²) in [5, 5.41) is 24.3. The second-order valence-electron chi connectivity index (χ2n) is 9.24. The van der Waals surface area contributed by atoms with Crippen LogP contribution >= 0.6 is 0 Å². The molecular weight excluding hydrogens is 406 g/mol. The Morgan fingerprint density at radius 2 is 1.15 bits per heavy atom. The molecule has 1 heterocycles. The van der Waals surface area contributed by atoms with Gasteiger partial charge in [0, 0.05) is 5.56 Å². The predicted molar refractivity (Wildman–Crippen MR) is 135 cm³/mol. The standard InChI is InChI=1S/C29H31N3O/c1-17-9-12-22(19(3)15-17)27-30-28(23-13-10-18(2)16-20(23)4)32-29(31-27)26-24-8-6-5-7-21(24)11-14-25(26)33/h5-16,27-33H,1-4H3. The van der Waals surface area contributed by atoms with Crippen LogP contribution in [0.5, 0.6) is 5.75 Å². The lowest BCUT2D eigenvalue weighted by Gasteiger charge is -2.41. The van der Waals surface area contributed by atoms with Crippen molar-refractivity contribution in [2.24, 2.45) is 0 Å². The quantitative estimate of drug-likeness (QED) is 0.320. The number of aromatic hydroxyl groups is 1. The van der Waals surface area contributed by atoms with E-state index in [0.717, 1.165) is 16.3 Å². The van der Waals surface area contributed by atoms with Gasteiger partial charge < -0.3 is 5.11 Å². The number of phenolic OH excluding ortho intramolecular Hbond substituents is 1. The number of phenols is 1. The van der Waals surface area contributed by atoms with E-state index in [4.69, 9.17) is 0 Å². The Bertz CT molecular complexity index is 1270. The van der Waals surface area contributed by atoms with Crippen LogP contribution in [-0.2, 0) is 0 Å². The summed E-state index contributed by atoms with van der Waals surface area (Å²) in [5.74, 6) is 0.291. The summed E-state index contributed by atoms with van der Waals surface area (Å²) in [6.07, 6.45) is -0.407. The minimum atomic E-state index is -0.242. The van der Waals surface area contributed by atoms with E-state index < -0.39 is 0 Å². The van der Waals surface area contributed by atoms with Crippen molar-refractivity contribution in [3.05, 3.63) is 112 Å². The molecule has 0 aromatic heterocycles. The van der Waals surface area contributed by atoms with E-state index in [9.17, 15) is 5.11 Å². The second-order valence-corrected chi connectivity index (χ2v) is 9.24. The summed E-state index contributed by atoms with van der Waals surface area (Å²) in [6.45, 7) is 8.56. The van der Waals surface area contributed by atoms with Crippen LogP contribution in [0.25, 0.3) is 10.8 Å². The number of hydrogen-bond donors (Lipinski definition) is 4. The number of fused-ring (bicyclic) bond motifs is 1. The number of rotatable bonds is 3. The first kappa shape index (κ1) is 21.7. The topological polar surface area (TPSA) is 56.3 Å². The molecule has 0 radical (unpaired) electrons. The Balaban J connectivity index is 1.63. The lowest BCUT2D eigenvalue weighted by atomic mass is 9.96. The fourth-order valence-corrected chi connectivity index (χ4v) is 5.06. The van der Waals surface area contributed by atoms with Crippen LogP contribution in [0.1, 0.15) is 57.4 Å². The van der Waals surface area contributed by atoms with Crippen LogP contribution in [0.2, 0.25) is 0 Å². The van der Waals surface area contributed by atoms with Gasteiger partial charge in [-0.05, 0) is 66.8 Å². The van der Waals surface area contributed by atoms with E-state index in [-0.39, 0.29) is 18.5 Å². The molecule has 1 aliphatic rings. The molecule has 4 heteroatoms. The summed E-state index contributed by atoms with van der Waals surface area (Å²) in [7, 11) is 0. The van der Waals surface area contributed by atoms with E-state index in [1.807, 2.05) is 18.2 Å². The molecule has 0 spiro atoms. The van der Waals surface area contributed by atoms with Crippen molar-refractivity contribution in [1.82, 2.24) is 16.0 Å². The lowest BCUT2D eigenvalue weighted by Crippen LogP contribution is -2.54. The van der Waals surface area contributed by atoms with Gasteiger partial charge in [0.15, 0.2) is 0 Å². The third-order valence-corrected chi connectivity index (χ3v) is 6.71. The van der Waals surface area contributed by atoms with Crippen molar-refractivity contribution in [2.45, 2.75) is 46.2 Å². The molecule has 2 atom stereocenters. The molecule has 0 bridgehead atoms. The third-order valence-electron chi connectivity index (χ3n) is 6.71. The van der Waals surface area contributed by atoms with Crippen LogP contribution in [0, 0.1) is 27.7 Å². The first-order valence-electron chi connectivity index (χ1n) is 11.5. The second kappa shape index (κ2) is 8.64. The van der Waals surface area contributed by atoms with E-state index in [1.54, 1.807) is 6.07 Å². The van der Waals surface area contributed by atoms with Crippen molar-refractivity contribution in [3.63, 3.8) is 0 Å². The molecule has 0 amide bonds. The summed E-state index contributed by atoms with van der Waals surface area (Å²) >= 11 is 0. The molecule has 4 aromatic rings. The normalized spacial score (nSPS) is 20.8. The first-order valence-corrected chi connectivity index (χ1v) is 11.5. The Kier molecular flexibility index (Phi) is 5.67. The van der Waals surface area contributed by atoms with E-state index in [0.29, 0.717) is 5.75 Å². The molecule has 1 fully saturated rings. The van der Waals surface area contributed by atoms with Crippen LogP contribution in [-0.4, -0.2) is 5.11 Å². The molecule has 0 aliphatic carbocycles. The van der Waals surface area contributed by atoms with Gasteiger partial charge in [0.05, 0.1) is 18.5 Å². The molecule has 5 rings (SSSR count). The maximum atomic E-state index is 11.0. The number of benzene rings is 4. The summed E-state index contributed by atoms with van der Waals surface area (Å²) in [5.41, 5.74) is 8.27. The molecular formula is C29H31N3O. The highest BCUT2D eigenvalue weighted by Gasteiger charge is 2.32. The van der Waals surface area contributed by atoms with Gasteiger partial charge in [-0.15, -0.1) is 0 Å². The van der Waals surface area contributed by atoms with Crippen LogP contribution < -0.4 is 16.0 Å². The van der Waals surface area contributed by atoms with Gasteiger partial charge in [0.1, 0.15) is 5.75 Å². The van der Waals surface area contributed by atoms with Crippen molar-refractivity contribution < 1.29 is 5.11 Å². The first-order chi connectivity index (χ1) is 15.9. The van der Waals surface area contributed by atoms with Crippen LogP contribution in [0.4, 0.5) is 0 Å². The molecule has 0 saturated carbocycles. The maximum Gasteiger partial charge on any atom is 0.122 e. The largest absolute Gasteiger partial charge is 0.508 e. The fraction of sp³-hybridized carbons (Fsp3) is 0.241.